The summed E-state index contributed by atoms with van der Waals surface area (Å²) in [6, 6.07) is 3.22. The zero-order valence-corrected chi connectivity index (χ0v) is 12.7. The number of halogens is 1. The van der Waals surface area contributed by atoms with Crippen LogP contribution >= 0.6 is 0 Å². The molecule has 0 heterocycles. The molecule has 0 saturated carbocycles. The highest BCUT2D eigenvalue weighted by molar-refractivity contribution is 5.77. The lowest BCUT2D eigenvalue weighted by atomic mass is 10.2. The van der Waals surface area contributed by atoms with Crippen LogP contribution in [0.2, 0.25) is 0 Å². The molecule has 0 aliphatic heterocycles. The fraction of sp³-hybridized carbons (Fsp3) is 0.467. The van der Waals surface area contributed by atoms with Gasteiger partial charge in [-0.05, 0) is 18.1 Å². The molecule has 1 aromatic rings. The molecule has 126 valence electrons. The van der Waals surface area contributed by atoms with Crippen LogP contribution in [0.15, 0.2) is 18.2 Å². The highest BCUT2D eigenvalue weighted by Crippen LogP contribution is 2.19. The Morgan fingerprint density at radius 1 is 1.22 bits per heavy atom. The second-order valence-corrected chi connectivity index (χ2v) is 4.78. The number of esters is 2. The summed E-state index contributed by atoms with van der Waals surface area (Å²) >= 11 is 0. The SMILES string of the molecule is CCCCOC(=O)CCC(=O)OCc1ccc(F)c([N+](=O)[O-])c1. The van der Waals surface area contributed by atoms with Crippen molar-refractivity contribution in [3.63, 3.8) is 0 Å². The third-order valence-corrected chi connectivity index (χ3v) is 2.90. The first-order valence-electron chi connectivity index (χ1n) is 7.18. The van der Waals surface area contributed by atoms with Gasteiger partial charge >= 0.3 is 17.6 Å². The smallest absolute Gasteiger partial charge is 0.306 e. The molecule has 0 aliphatic carbocycles. The number of rotatable bonds is 9. The molecule has 1 rings (SSSR count). The molecule has 0 fully saturated rings. The van der Waals surface area contributed by atoms with Crippen molar-refractivity contribution >= 4 is 17.6 Å². The van der Waals surface area contributed by atoms with Crippen molar-refractivity contribution in [2.24, 2.45) is 0 Å². The predicted molar refractivity (Wildman–Crippen MR) is 78.0 cm³/mol. The Kier molecular flexibility index (Phi) is 7.65. The zero-order chi connectivity index (χ0) is 17.2. The van der Waals surface area contributed by atoms with Crippen molar-refractivity contribution < 1.29 is 28.4 Å². The van der Waals surface area contributed by atoms with Crippen LogP contribution in [-0.2, 0) is 25.7 Å². The number of ether oxygens (including phenoxy) is 2. The number of carbonyl (C=O) groups is 2. The summed E-state index contributed by atoms with van der Waals surface area (Å²) < 4.78 is 22.9. The van der Waals surface area contributed by atoms with Gasteiger partial charge in [-0.2, -0.15) is 4.39 Å². The maximum absolute atomic E-state index is 13.2. The molecule has 0 N–H and O–H groups in total. The van der Waals surface area contributed by atoms with Gasteiger partial charge in [-0.3, -0.25) is 19.7 Å². The Balaban J connectivity index is 2.37. The Morgan fingerprint density at radius 2 is 1.87 bits per heavy atom. The lowest BCUT2D eigenvalue weighted by Crippen LogP contribution is -2.11. The second kappa shape index (κ2) is 9.50. The van der Waals surface area contributed by atoms with Crippen LogP contribution in [0.5, 0.6) is 0 Å². The molecule has 8 heteroatoms. The third kappa shape index (κ3) is 6.86. The van der Waals surface area contributed by atoms with E-state index in [2.05, 4.69) is 0 Å². The lowest BCUT2D eigenvalue weighted by molar-refractivity contribution is -0.387. The molecule has 0 amide bonds. The predicted octanol–water partition coefficient (Wildman–Crippen LogP) is 2.90. The normalized spacial score (nSPS) is 10.2. The topological polar surface area (TPSA) is 95.7 Å². The summed E-state index contributed by atoms with van der Waals surface area (Å²) in [5, 5.41) is 10.6. The maximum Gasteiger partial charge on any atom is 0.306 e. The molecule has 0 spiro atoms. The van der Waals surface area contributed by atoms with E-state index in [9.17, 15) is 24.1 Å². The van der Waals surface area contributed by atoms with Gasteiger partial charge in [0.05, 0.1) is 24.4 Å². The van der Waals surface area contributed by atoms with Crippen LogP contribution < -0.4 is 0 Å². The Morgan fingerprint density at radius 3 is 2.48 bits per heavy atom. The van der Waals surface area contributed by atoms with E-state index in [4.69, 9.17) is 9.47 Å². The number of nitro benzene ring substituents is 1. The molecule has 23 heavy (non-hydrogen) atoms. The van der Waals surface area contributed by atoms with E-state index in [0.717, 1.165) is 25.0 Å². The van der Waals surface area contributed by atoms with Crippen molar-refractivity contribution in [1.29, 1.82) is 0 Å². The number of unbranched alkanes of at least 4 members (excludes halogenated alkanes) is 1. The molecule has 0 bridgehead atoms. The summed E-state index contributed by atoms with van der Waals surface area (Å²) in [7, 11) is 0. The Labute approximate surface area is 132 Å². The summed E-state index contributed by atoms with van der Waals surface area (Å²) in [5.41, 5.74) is -0.393. The molecular formula is C15H18FNO6. The van der Waals surface area contributed by atoms with Gasteiger partial charge in [0, 0.05) is 6.07 Å². The first kappa shape index (κ1) is 18.5. The van der Waals surface area contributed by atoms with Crippen molar-refractivity contribution in [3.8, 4) is 0 Å². The molecule has 1 aromatic carbocycles. The molecular weight excluding hydrogens is 309 g/mol. The molecule has 0 aromatic heterocycles. The first-order chi connectivity index (χ1) is 10.9. The van der Waals surface area contributed by atoms with E-state index in [0.29, 0.717) is 6.61 Å². The number of benzene rings is 1. The second-order valence-electron chi connectivity index (χ2n) is 4.78. The van der Waals surface area contributed by atoms with E-state index in [-0.39, 0.29) is 25.0 Å². The summed E-state index contributed by atoms with van der Waals surface area (Å²) in [4.78, 5) is 32.6. The van der Waals surface area contributed by atoms with Gasteiger partial charge < -0.3 is 9.47 Å². The van der Waals surface area contributed by atoms with Gasteiger partial charge in [-0.15, -0.1) is 0 Å². The molecule has 0 radical (unpaired) electrons. The lowest BCUT2D eigenvalue weighted by Gasteiger charge is -2.06. The van der Waals surface area contributed by atoms with E-state index in [1.165, 1.54) is 6.07 Å². The van der Waals surface area contributed by atoms with Gasteiger partial charge in [0.25, 0.3) is 0 Å². The summed E-state index contributed by atoms with van der Waals surface area (Å²) in [6.07, 6.45) is 1.43. The first-order valence-corrected chi connectivity index (χ1v) is 7.18. The van der Waals surface area contributed by atoms with Gasteiger partial charge in [-0.1, -0.05) is 19.4 Å². The minimum absolute atomic E-state index is 0.0912. The molecule has 0 aliphatic rings. The monoisotopic (exact) mass is 327 g/mol. The van der Waals surface area contributed by atoms with E-state index >= 15 is 0 Å². The molecule has 0 saturated heterocycles. The van der Waals surface area contributed by atoms with Crippen LogP contribution in [-0.4, -0.2) is 23.5 Å². The van der Waals surface area contributed by atoms with E-state index < -0.39 is 28.4 Å². The van der Waals surface area contributed by atoms with Gasteiger partial charge in [0.2, 0.25) is 5.82 Å². The number of hydrogen-bond acceptors (Lipinski definition) is 6. The summed E-state index contributed by atoms with van der Waals surface area (Å²) in [5.74, 6) is -2.07. The number of nitro groups is 1. The third-order valence-electron chi connectivity index (χ3n) is 2.90. The van der Waals surface area contributed by atoms with Crippen LogP contribution in [0, 0.1) is 15.9 Å². The number of carbonyl (C=O) groups excluding carboxylic acids is 2. The van der Waals surface area contributed by atoms with Crippen LogP contribution in [0.3, 0.4) is 0 Å². The molecule has 0 atom stereocenters. The number of hydrogen-bond donors (Lipinski definition) is 0. The maximum atomic E-state index is 13.2. The highest BCUT2D eigenvalue weighted by atomic mass is 19.1. The molecule has 7 nitrogen and oxygen atoms in total. The number of nitrogens with zero attached hydrogens (tertiary/aromatic N) is 1. The van der Waals surface area contributed by atoms with Gasteiger partial charge in [0.1, 0.15) is 6.61 Å². The van der Waals surface area contributed by atoms with Crippen LogP contribution in [0.1, 0.15) is 38.2 Å². The fourth-order valence-corrected chi connectivity index (χ4v) is 1.63. The Hall–Kier alpha value is -2.51. The van der Waals surface area contributed by atoms with Gasteiger partial charge in [0.15, 0.2) is 0 Å². The summed E-state index contributed by atoms with van der Waals surface area (Å²) in [6.45, 7) is 2.06. The Bertz CT molecular complexity index is 575. The minimum atomic E-state index is -0.958. The minimum Gasteiger partial charge on any atom is -0.466 e. The van der Waals surface area contributed by atoms with Crippen molar-refractivity contribution in [2.45, 2.75) is 39.2 Å². The standard InChI is InChI=1S/C15H18FNO6/c1-2-3-8-22-14(18)6-7-15(19)23-10-11-4-5-12(16)13(9-11)17(20)21/h4-5,9H,2-3,6-8,10H2,1H3. The van der Waals surface area contributed by atoms with Crippen LogP contribution in [0.4, 0.5) is 10.1 Å². The highest BCUT2D eigenvalue weighted by Gasteiger charge is 2.15. The van der Waals surface area contributed by atoms with Crippen LogP contribution in [0.25, 0.3) is 0 Å². The zero-order valence-electron chi connectivity index (χ0n) is 12.7. The fourth-order valence-electron chi connectivity index (χ4n) is 1.63. The van der Waals surface area contributed by atoms with Crippen molar-refractivity contribution in [3.05, 3.63) is 39.7 Å². The van der Waals surface area contributed by atoms with E-state index in [1.807, 2.05) is 6.92 Å². The van der Waals surface area contributed by atoms with Crippen molar-refractivity contribution in [1.82, 2.24) is 0 Å². The largest absolute Gasteiger partial charge is 0.466 e. The van der Waals surface area contributed by atoms with Gasteiger partial charge in [-0.25, -0.2) is 0 Å². The van der Waals surface area contributed by atoms with Crippen molar-refractivity contribution in [2.75, 3.05) is 6.61 Å². The van der Waals surface area contributed by atoms with E-state index in [1.54, 1.807) is 0 Å². The molecule has 0 unspecified atom stereocenters. The quantitative estimate of drug-likeness (QED) is 0.299. The average Bonchev–Trinajstić information content (AvgIpc) is 2.52. The average molecular weight is 327 g/mol.